The van der Waals surface area contributed by atoms with Crippen LogP contribution in [0.1, 0.15) is 99.3 Å². The third kappa shape index (κ3) is 7.75. The summed E-state index contributed by atoms with van der Waals surface area (Å²) in [6.45, 7) is 3.72. The number of carbonyl (C=O) groups excluding carboxylic acids is 5. The number of nitrogens with one attached hydrogen (secondary N) is 2. The molecule has 4 heterocycles. The Kier molecular flexibility index (Phi) is 10.8. The van der Waals surface area contributed by atoms with Crippen LogP contribution in [0.5, 0.6) is 0 Å². The number of amides is 4. The highest BCUT2D eigenvalue weighted by molar-refractivity contribution is 6.39. The summed E-state index contributed by atoms with van der Waals surface area (Å²) in [4.78, 5) is 69.5. The predicted molar refractivity (Wildman–Crippen MR) is 183 cm³/mol. The fourth-order valence-corrected chi connectivity index (χ4v) is 7.93. The van der Waals surface area contributed by atoms with Gasteiger partial charge in [-0.05, 0) is 43.9 Å². The molecule has 6 N–H and O–H groups in total. The summed E-state index contributed by atoms with van der Waals surface area (Å²) in [6.07, 6.45) is 6.81. The lowest BCUT2D eigenvalue weighted by molar-refractivity contribution is -0.184. The monoisotopic (exact) mass is 723 g/mol. The van der Waals surface area contributed by atoms with Crippen LogP contribution in [0.15, 0.2) is 30.5 Å². The van der Waals surface area contributed by atoms with Crippen molar-refractivity contribution in [3.8, 4) is 0 Å². The van der Waals surface area contributed by atoms with Crippen LogP contribution in [0.3, 0.4) is 0 Å². The molecule has 0 spiro atoms. The number of benzene rings is 1. The van der Waals surface area contributed by atoms with E-state index in [0.29, 0.717) is 23.2 Å². The topological polar surface area (TPSA) is 228 Å². The normalized spacial score (nSPS) is 23.7. The molecular weight excluding hydrogens is 674 g/mol. The van der Waals surface area contributed by atoms with E-state index in [1.807, 2.05) is 0 Å². The third-order valence-corrected chi connectivity index (χ3v) is 11.0. The summed E-state index contributed by atoms with van der Waals surface area (Å²) in [5.74, 6) is -3.58. The van der Waals surface area contributed by atoms with E-state index in [0.717, 1.165) is 32.1 Å². The molecule has 16 nitrogen and oxygen atoms in total. The molecule has 3 saturated heterocycles. The Morgan fingerprint density at radius 3 is 2.31 bits per heavy atom. The Hall–Kier alpha value is -4.25. The Balaban J connectivity index is 1.30. The first-order valence-corrected chi connectivity index (χ1v) is 18.1. The predicted octanol–water partition coefficient (Wildman–Crippen LogP) is 0.354. The second kappa shape index (κ2) is 15.0. The Morgan fingerprint density at radius 1 is 1.04 bits per heavy atom. The van der Waals surface area contributed by atoms with Gasteiger partial charge in [-0.1, -0.05) is 49.5 Å². The summed E-state index contributed by atoms with van der Waals surface area (Å²) >= 11 is 0. The summed E-state index contributed by atoms with van der Waals surface area (Å²) in [6, 6.07) is 3.79. The van der Waals surface area contributed by atoms with E-state index in [2.05, 4.69) is 20.9 Å². The summed E-state index contributed by atoms with van der Waals surface area (Å²) in [5, 5.41) is 35.5. The van der Waals surface area contributed by atoms with Crippen molar-refractivity contribution in [2.24, 2.45) is 11.7 Å². The first kappa shape index (κ1) is 37.5. The van der Waals surface area contributed by atoms with Gasteiger partial charge in [-0.2, -0.15) is 0 Å². The van der Waals surface area contributed by atoms with E-state index in [9.17, 15) is 34.2 Å². The molecule has 1 saturated carbocycles. The number of Topliss-reactive ketones (excluding diaryl/α,β-unsaturated/α-hetero) is 1. The molecule has 3 aliphatic heterocycles. The zero-order chi connectivity index (χ0) is 37.3. The van der Waals surface area contributed by atoms with Gasteiger partial charge < -0.3 is 41.0 Å². The van der Waals surface area contributed by atoms with Gasteiger partial charge >= 0.3 is 0 Å². The molecule has 2 aromatic rings. The molecule has 4 fully saturated rings. The number of hydrogen-bond donors (Lipinski definition) is 5. The number of aliphatic hydroxyl groups is 2. The molecule has 4 amide bonds. The third-order valence-electron chi connectivity index (χ3n) is 11.0. The van der Waals surface area contributed by atoms with Gasteiger partial charge in [-0.25, -0.2) is 4.68 Å². The van der Waals surface area contributed by atoms with Crippen LogP contribution in [0, 0.1) is 5.92 Å². The number of nitrogens with two attached hydrogens (primary N) is 1. The largest absolute Gasteiger partial charge is 0.384 e. The average molecular weight is 724 g/mol. The molecule has 2 unspecified atom stereocenters. The number of carbonyl (C=O) groups is 5. The van der Waals surface area contributed by atoms with Crippen molar-refractivity contribution in [1.82, 2.24) is 30.5 Å². The highest BCUT2D eigenvalue weighted by Gasteiger charge is 2.49. The van der Waals surface area contributed by atoms with Crippen molar-refractivity contribution < 1.29 is 43.7 Å². The number of rotatable bonds is 12. The molecule has 282 valence electrons. The molecule has 1 aromatic heterocycles. The highest BCUT2D eigenvalue weighted by Crippen LogP contribution is 2.35. The first-order valence-electron chi connectivity index (χ1n) is 18.1. The lowest BCUT2D eigenvalue weighted by atomic mass is 9.84. The number of ketones is 1. The smallest absolute Gasteiger partial charge is 0.287 e. The lowest BCUT2D eigenvalue weighted by Crippen LogP contribution is -2.64. The van der Waals surface area contributed by atoms with Crippen molar-refractivity contribution in [3.05, 3.63) is 47.3 Å². The van der Waals surface area contributed by atoms with Gasteiger partial charge in [-0.3, -0.25) is 24.0 Å². The minimum atomic E-state index is -1.60. The van der Waals surface area contributed by atoms with Gasteiger partial charge in [0.1, 0.15) is 28.8 Å². The van der Waals surface area contributed by atoms with Crippen molar-refractivity contribution in [2.75, 3.05) is 33.0 Å². The first-order chi connectivity index (χ1) is 24.7. The number of nitrogens with zero attached hydrogens (tertiary/aromatic N) is 4. The molecule has 1 aliphatic carbocycles. The zero-order valence-corrected chi connectivity index (χ0v) is 29.7. The van der Waals surface area contributed by atoms with E-state index in [-0.39, 0.29) is 58.2 Å². The van der Waals surface area contributed by atoms with Crippen LogP contribution in [-0.4, -0.2) is 110 Å². The molecule has 16 heteroatoms. The van der Waals surface area contributed by atoms with E-state index in [4.69, 9.17) is 15.2 Å². The Labute approximate surface area is 301 Å². The maximum atomic E-state index is 14.8. The van der Waals surface area contributed by atoms with Crippen molar-refractivity contribution in [2.45, 2.75) is 107 Å². The van der Waals surface area contributed by atoms with E-state index in [1.54, 1.807) is 38.1 Å². The molecule has 0 bridgehead atoms. The SMILES string of the molecule is CC(C)(O)c1cnnn1C1CC(C(=O)NC2(C(=O)C(N)=O)CCOCC2)N(C(=O)[C@@H](CC2CCCCC2)NC(=O)c2ccc(C3(O)COC3)cc2)C1. The second-order valence-corrected chi connectivity index (χ2v) is 15.3. The van der Waals surface area contributed by atoms with Gasteiger partial charge in [0.15, 0.2) is 0 Å². The van der Waals surface area contributed by atoms with Crippen LogP contribution in [0.4, 0.5) is 0 Å². The Bertz CT molecular complexity index is 1650. The number of ether oxygens (including phenoxy) is 2. The maximum Gasteiger partial charge on any atom is 0.287 e. The Morgan fingerprint density at radius 2 is 1.71 bits per heavy atom. The second-order valence-electron chi connectivity index (χ2n) is 15.3. The molecule has 3 atom stereocenters. The zero-order valence-electron chi connectivity index (χ0n) is 29.7. The number of hydrogen-bond acceptors (Lipinski definition) is 11. The molecule has 6 rings (SSSR count). The lowest BCUT2D eigenvalue weighted by Gasteiger charge is -2.37. The van der Waals surface area contributed by atoms with Crippen molar-refractivity contribution in [3.63, 3.8) is 0 Å². The van der Waals surface area contributed by atoms with Crippen molar-refractivity contribution >= 4 is 29.4 Å². The highest BCUT2D eigenvalue weighted by atomic mass is 16.5. The van der Waals surface area contributed by atoms with Gasteiger partial charge in [0.2, 0.25) is 17.6 Å². The van der Waals surface area contributed by atoms with E-state index < -0.39 is 64.3 Å². The summed E-state index contributed by atoms with van der Waals surface area (Å²) in [5.41, 5.74) is 2.68. The minimum absolute atomic E-state index is 0.00434. The summed E-state index contributed by atoms with van der Waals surface area (Å²) < 4.78 is 12.1. The molecule has 4 aliphatic rings. The summed E-state index contributed by atoms with van der Waals surface area (Å²) in [7, 11) is 0. The van der Waals surface area contributed by atoms with E-state index >= 15 is 0 Å². The molecule has 52 heavy (non-hydrogen) atoms. The minimum Gasteiger partial charge on any atom is -0.384 e. The van der Waals surface area contributed by atoms with Crippen LogP contribution in [0.25, 0.3) is 0 Å². The van der Waals surface area contributed by atoms with Crippen LogP contribution < -0.4 is 16.4 Å². The molecule has 0 radical (unpaired) electrons. The molecule has 1 aromatic carbocycles. The van der Waals surface area contributed by atoms with Gasteiger partial charge in [-0.15, -0.1) is 5.10 Å². The molecular formula is C36H49N7O9. The van der Waals surface area contributed by atoms with Crippen LogP contribution in [-0.2, 0) is 39.9 Å². The van der Waals surface area contributed by atoms with E-state index in [1.165, 1.54) is 15.8 Å². The average Bonchev–Trinajstić information content (AvgIpc) is 3.79. The quantitative estimate of drug-likeness (QED) is 0.188. The number of aromatic nitrogens is 3. The van der Waals surface area contributed by atoms with Gasteiger partial charge in [0.25, 0.3) is 11.8 Å². The van der Waals surface area contributed by atoms with Gasteiger partial charge in [0, 0.05) is 44.6 Å². The van der Waals surface area contributed by atoms with Crippen LogP contribution >= 0.6 is 0 Å². The fraction of sp³-hybridized carbons (Fsp3) is 0.639. The van der Waals surface area contributed by atoms with Crippen molar-refractivity contribution in [1.29, 1.82) is 0 Å². The number of primary amides is 1. The maximum absolute atomic E-state index is 14.8. The standard InChI is InChI=1S/C36H49N7O9/c1-34(2,49)28-18-38-41-43(28)25-17-27(32(47)40-35(29(44)30(37)45)12-14-51-15-13-35)42(19-25)33(48)26(16-22-6-4-3-5-7-22)39-31(46)23-8-10-24(11-9-23)36(50)20-52-21-36/h8-11,18,22,25-27,49-50H,3-7,12-17,19-21H2,1-2H3,(H2,37,45)(H,39,46)(H,40,47)/t25?,26-,27?/m1/s1. The number of likely N-dealkylation sites (tertiary alicyclic amines) is 1. The van der Waals surface area contributed by atoms with Crippen LogP contribution in [0.2, 0.25) is 0 Å². The fourth-order valence-electron chi connectivity index (χ4n) is 7.93. The van der Waals surface area contributed by atoms with Gasteiger partial charge in [0.05, 0.1) is 31.1 Å².